The molecule has 0 aromatic rings. The van der Waals surface area contributed by atoms with Gasteiger partial charge in [-0.2, -0.15) is 0 Å². The molecule has 4 nitrogen and oxygen atoms in total. The average molecular weight is 280 g/mol. The maximum atomic E-state index is 11.6. The van der Waals surface area contributed by atoms with Gasteiger partial charge in [0.1, 0.15) is 5.54 Å². The number of hydrogen-bond donors (Lipinski definition) is 2. The minimum atomic E-state index is -0.742. The van der Waals surface area contributed by atoms with Crippen LogP contribution in [0.15, 0.2) is 0 Å². The van der Waals surface area contributed by atoms with Crippen LogP contribution in [0.25, 0.3) is 0 Å². The van der Waals surface area contributed by atoms with Gasteiger partial charge < -0.3 is 10.0 Å². The highest BCUT2D eigenvalue weighted by Gasteiger charge is 2.41. The van der Waals surface area contributed by atoms with Gasteiger partial charge in [-0.25, -0.2) is 0 Å². The Morgan fingerprint density at radius 3 is 2.70 bits per heavy atom. The van der Waals surface area contributed by atoms with Crippen molar-refractivity contribution < 1.29 is 9.90 Å². The van der Waals surface area contributed by atoms with Crippen LogP contribution in [0, 0.1) is 5.92 Å². The van der Waals surface area contributed by atoms with Crippen molar-refractivity contribution in [1.29, 1.82) is 0 Å². The Morgan fingerprint density at radius 2 is 2.00 bits per heavy atom. The zero-order chi connectivity index (χ0) is 14.2. The molecule has 0 aromatic heterocycles. The molecule has 2 aliphatic carbocycles. The summed E-state index contributed by atoms with van der Waals surface area (Å²) in [5.74, 6) is 0.194. The monoisotopic (exact) mass is 280 g/mol. The van der Waals surface area contributed by atoms with Crippen molar-refractivity contribution in [1.82, 2.24) is 10.2 Å². The van der Waals surface area contributed by atoms with Crippen LogP contribution in [0.2, 0.25) is 0 Å². The second kappa shape index (κ2) is 5.64. The highest BCUT2D eigenvalue weighted by atomic mass is 16.4. The Balaban J connectivity index is 1.55. The number of nitrogens with one attached hydrogen (secondary N) is 1. The number of fused-ring (bicyclic) bond motifs is 1. The smallest absolute Gasteiger partial charge is 0.323 e. The van der Waals surface area contributed by atoms with E-state index in [-0.39, 0.29) is 0 Å². The van der Waals surface area contributed by atoms with Crippen LogP contribution < -0.4 is 5.32 Å². The normalized spacial score (nSPS) is 33.6. The van der Waals surface area contributed by atoms with Crippen molar-refractivity contribution in [2.45, 2.75) is 75.9 Å². The van der Waals surface area contributed by atoms with Gasteiger partial charge in [0.05, 0.1) is 0 Å². The molecule has 3 unspecified atom stereocenters. The molecule has 3 atom stereocenters. The molecule has 20 heavy (non-hydrogen) atoms. The number of rotatable bonds is 6. The Hall–Kier alpha value is -0.610. The van der Waals surface area contributed by atoms with Crippen LogP contribution in [0.1, 0.15) is 58.3 Å². The molecule has 114 valence electrons. The molecule has 1 heterocycles. The van der Waals surface area contributed by atoms with Crippen LogP contribution in [-0.4, -0.2) is 46.7 Å². The third-order valence-corrected chi connectivity index (χ3v) is 5.60. The van der Waals surface area contributed by atoms with E-state index in [4.69, 9.17) is 0 Å². The summed E-state index contributed by atoms with van der Waals surface area (Å²) in [6.07, 6.45) is 9.78. The van der Waals surface area contributed by atoms with Gasteiger partial charge in [0.2, 0.25) is 0 Å². The van der Waals surface area contributed by atoms with Gasteiger partial charge in [0.15, 0.2) is 0 Å². The third kappa shape index (κ3) is 3.01. The number of hydrogen-bond acceptors (Lipinski definition) is 3. The molecule has 3 fully saturated rings. The highest BCUT2D eigenvalue weighted by Crippen LogP contribution is 2.36. The maximum absolute atomic E-state index is 11.6. The van der Waals surface area contributed by atoms with Crippen molar-refractivity contribution in [2.24, 2.45) is 5.92 Å². The summed E-state index contributed by atoms with van der Waals surface area (Å²) in [6, 6.07) is 1.18. The van der Waals surface area contributed by atoms with Crippen molar-refractivity contribution >= 4 is 5.97 Å². The molecule has 3 rings (SSSR count). The lowest BCUT2D eigenvalue weighted by Crippen LogP contribution is -2.52. The van der Waals surface area contributed by atoms with Crippen molar-refractivity contribution in [2.75, 3.05) is 13.1 Å². The van der Waals surface area contributed by atoms with Gasteiger partial charge in [0, 0.05) is 18.6 Å². The van der Waals surface area contributed by atoms with Gasteiger partial charge in [-0.3, -0.25) is 10.1 Å². The fourth-order valence-corrected chi connectivity index (χ4v) is 4.07. The van der Waals surface area contributed by atoms with E-state index in [1.807, 2.05) is 6.92 Å². The van der Waals surface area contributed by atoms with Crippen LogP contribution in [0.5, 0.6) is 0 Å². The van der Waals surface area contributed by atoms with E-state index in [0.717, 1.165) is 37.8 Å². The molecule has 4 heteroatoms. The van der Waals surface area contributed by atoms with E-state index in [9.17, 15) is 9.90 Å². The van der Waals surface area contributed by atoms with Crippen LogP contribution in [0.3, 0.4) is 0 Å². The Bertz CT molecular complexity index is 369. The van der Waals surface area contributed by atoms with Crippen LogP contribution >= 0.6 is 0 Å². The van der Waals surface area contributed by atoms with Crippen molar-refractivity contribution in [3.63, 3.8) is 0 Å². The van der Waals surface area contributed by atoms with Crippen molar-refractivity contribution in [3.8, 4) is 0 Å². The van der Waals surface area contributed by atoms with E-state index in [1.165, 1.54) is 38.6 Å². The number of carbonyl (C=O) groups is 1. The van der Waals surface area contributed by atoms with Gasteiger partial charge >= 0.3 is 5.97 Å². The fraction of sp³-hybridized carbons (Fsp3) is 0.938. The lowest BCUT2D eigenvalue weighted by Gasteiger charge is -2.34. The minimum absolute atomic E-state index is 0.442. The van der Waals surface area contributed by atoms with Gasteiger partial charge in [-0.05, 0) is 57.9 Å². The molecule has 1 aliphatic heterocycles. The second-order valence-corrected chi connectivity index (χ2v) is 7.24. The van der Waals surface area contributed by atoms with Gasteiger partial charge in [-0.15, -0.1) is 0 Å². The standard InChI is InChI=1S/C16H28N2O2/c1-16(15(19)20,17-13-6-7-13)9-11-18-10-8-12-4-2-3-5-14(12)18/h12-14,17H,2-11H2,1H3,(H,19,20). The summed E-state index contributed by atoms with van der Waals surface area (Å²) in [5.41, 5.74) is -0.742. The molecule has 2 saturated carbocycles. The van der Waals surface area contributed by atoms with Crippen LogP contribution in [-0.2, 0) is 4.79 Å². The van der Waals surface area contributed by atoms with Crippen molar-refractivity contribution in [3.05, 3.63) is 0 Å². The predicted octanol–water partition coefficient (Wildman–Crippen LogP) is 2.24. The largest absolute Gasteiger partial charge is 0.480 e. The van der Waals surface area contributed by atoms with E-state index in [2.05, 4.69) is 10.2 Å². The second-order valence-electron chi connectivity index (χ2n) is 7.24. The van der Waals surface area contributed by atoms with E-state index in [1.54, 1.807) is 0 Å². The predicted molar refractivity (Wildman–Crippen MR) is 78.8 cm³/mol. The molecular weight excluding hydrogens is 252 g/mol. The van der Waals surface area contributed by atoms with Gasteiger partial charge in [-0.1, -0.05) is 12.8 Å². The van der Waals surface area contributed by atoms with Gasteiger partial charge in [0.25, 0.3) is 0 Å². The summed E-state index contributed by atoms with van der Waals surface area (Å²) < 4.78 is 0. The summed E-state index contributed by atoms with van der Waals surface area (Å²) in [7, 11) is 0. The summed E-state index contributed by atoms with van der Waals surface area (Å²) in [4.78, 5) is 14.2. The Morgan fingerprint density at radius 1 is 1.25 bits per heavy atom. The number of carboxylic acids is 1. The zero-order valence-corrected chi connectivity index (χ0v) is 12.6. The third-order valence-electron chi connectivity index (χ3n) is 5.60. The molecule has 0 amide bonds. The molecule has 0 bridgehead atoms. The van der Waals surface area contributed by atoms with Crippen LogP contribution in [0.4, 0.5) is 0 Å². The fourth-order valence-electron chi connectivity index (χ4n) is 4.07. The molecule has 2 N–H and O–H groups in total. The Labute approximate surface area is 121 Å². The topological polar surface area (TPSA) is 52.6 Å². The maximum Gasteiger partial charge on any atom is 0.323 e. The molecule has 0 spiro atoms. The first-order valence-electron chi connectivity index (χ1n) is 8.34. The molecule has 1 saturated heterocycles. The summed E-state index contributed by atoms with van der Waals surface area (Å²) in [5, 5.41) is 12.9. The number of likely N-dealkylation sites (tertiary alicyclic amines) is 1. The first kappa shape index (κ1) is 14.3. The first-order valence-corrected chi connectivity index (χ1v) is 8.34. The Kier molecular flexibility index (Phi) is 4.04. The molecule has 3 aliphatic rings. The lowest BCUT2D eigenvalue weighted by molar-refractivity contribution is -0.144. The minimum Gasteiger partial charge on any atom is -0.480 e. The molecular formula is C16H28N2O2. The summed E-state index contributed by atoms with van der Waals surface area (Å²) >= 11 is 0. The zero-order valence-electron chi connectivity index (χ0n) is 12.6. The highest BCUT2D eigenvalue weighted by molar-refractivity contribution is 5.78. The number of carboxylic acid groups (broad SMARTS) is 1. The molecule has 0 radical (unpaired) electrons. The summed E-state index contributed by atoms with van der Waals surface area (Å²) in [6.45, 7) is 3.97. The average Bonchev–Trinajstić information content (AvgIpc) is 3.14. The SMILES string of the molecule is CC(CCN1CCC2CCCCC21)(NC1CC1)C(=O)O. The quantitative estimate of drug-likeness (QED) is 0.783. The van der Waals surface area contributed by atoms with E-state index in [0.29, 0.717) is 6.04 Å². The van der Waals surface area contributed by atoms with E-state index < -0.39 is 11.5 Å². The lowest BCUT2D eigenvalue weighted by atomic mass is 9.85. The first-order chi connectivity index (χ1) is 9.58. The number of nitrogens with zero attached hydrogens (tertiary/aromatic N) is 1. The van der Waals surface area contributed by atoms with E-state index >= 15 is 0 Å². The number of aliphatic carboxylic acids is 1. The molecule has 0 aromatic carbocycles.